The Morgan fingerprint density at radius 3 is 2.57 bits per heavy atom. The first kappa shape index (κ1) is 20.8. The Labute approximate surface area is 160 Å². The number of phenolic OH excluding ortho intramolecular Hbond substituents is 1. The van der Waals surface area contributed by atoms with E-state index in [2.05, 4.69) is 10.6 Å². The zero-order valence-corrected chi connectivity index (χ0v) is 14.8. The molecule has 2 aromatic rings. The molecular formula is C18H20N2O8. The number of para-hydroxylation sites is 2. The standard InChI is InChI=1S/C18H20N2O8/c21-13-4-1-2-5-14(13)27-11-12(28-18(25)17(23)24)10-19-7-8-20-16(22)15-6-3-9-26-15/h1-6,9,12,19,21H,7-8,10-11H2,(H,20,22)(H,23,24). The summed E-state index contributed by atoms with van der Waals surface area (Å²) < 4.78 is 15.2. The Bertz CT molecular complexity index is 791. The zero-order valence-electron chi connectivity index (χ0n) is 14.8. The van der Waals surface area contributed by atoms with Crippen LogP contribution < -0.4 is 15.4 Å². The van der Waals surface area contributed by atoms with Gasteiger partial charge < -0.3 is 34.7 Å². The van der Waals surface area contributed by atoms with Crippen molar-refractivity contribution in [3.05, 3.63) is 48.4 Å². The summed E-state index contributed by atoms with van der Waals surface area (Å²) in [5.74, 6) is -3.26. The number of carbonyl (C=O) groups is 3. The number of nitrogens with one attached hydrogen (secondary N) is 2. The molecule has 0 aliphatic rings. The van der Waals surface area contributed by atoms with Gasteiger partial charge in [-0.3, -0.25) is 4.79 Å². The van der Waals surface area contributed by atoms with Gasteiger partial charge in [-0.05, 0) is 24.3 Å². The molecule has 1 amide bonds. The number of carboxylic acid groups (broad SMARTS) is 1. The van der Waals surface area contributed by atoms with Crippen molar-refractivity contribution in [2.24, 2.45) is 0 Å². The summed E-state index contributed by atoms with van der Waals surface area (Å²) in [5.41, 5.74) is 0. The third-order valence-electron chi connectivity index (χ3n) is 3.44. The molecule has 0 saturated carbocycles. The molecule has 0 fully saturated rings. The van der Waals surface area contributed by atoms with Crippen LogP contribution in [0.4, 0.5) is 0 Å². The van der Waals surface area contributed by atoms with Gasteiger partial charge in [0.1, 0.15) is 12.7 Å². The number of hydrogen-bond acceptors (Lipinski definition) is 8. The third kappa shape index (κ3) is 6.65. The molecule has 1 heterocycles. The lowest BCUT2D eigenvalue weighted by atomic mass is 10.3. The number of aliphatic carboxylic acids is 1. The summed E-state index contributed by atoms with van der Waals surface area (Å²) in [6.45, 7) is 0.481. The van der Waals surface area contributed by atoms with E-state index >= 15 is 0 Å². The quantitative estimate of drug-likeness (QED) is 0.256. The summed E-state index contributed by atoms with van der Waals surface area (Å²) in [4.78, 5) is 33.7. The molecular weight excluding hydrogens is 372 g/mol. The number of esters is 1. The van der Waals surface area contributed by atoms with E-state index < -0.39 is 18.0 Å². The van der Waals surface area contributed by atoms with Gasteiger partial charge in [0, 0.05) is 19.6 Å². The van der Waals surface area contributed by atoms with E-state index in [4.69, 9.17) is 19.0 Å². The summed E-state index contributed by atoms with van der Waals surface area (Å²) in [6, 6.07) is 9.33. The number of carboxylic acids is 1. The Morgan fingerprint density at radius 1 is 1.11 bits per heavy atom. The topological polar surface area (TPSA) is 147 Å². The molecule has 1 aromatic carbocycles. The highest BCUT2D eigenvalue weighted by Crippen LogP contribution is 2.24. The van der Waals surface area contributed by atoms with Gasteiger partial charge in [0.2, 0.25) is 0 Å². The molecule has 28 heavy (non-hydrogen) atoms. The number of aromatic hydroxyl groups is 1. The number of hydrogen-bond donors (Lipinski definition) is 4. The fourth-order valence-corrected chi connectivity index (χ4v) is 2.12. The smallest absolute Gasteiger partial charge is 0.417 e. The van der Waals surface area contributed by atoms with E-state index in [0.717, 1.165) is 0 Å². The average molecular weight is 392 g/mol. The summed E-state index contributed by atoms with van der Waals surface area (Å²) in [5, 5.41) is 23.9. The molecule has 1 unspecified atom stereocenters. The molecule has 0 saturated heterocycles. The van der Waals surface area contributed by atoms with Gasteiger partial charge in [-0.15, -0.1) is 0 Å². The second-order valence-electron chi connectivity index (χ2n) is 5.55. The van der Waals surface area contributed by atoms with Crippen LogP contribution in [0.25, 0.3) is 0 Å². The summed E-state index contributed by atoms with van der Waals surface area (Å²) in [6.07, 6.45) is 0.461. The van der Waals surface area contributed by atoms with Crippen molar-refractivity contribution in [2.75, 3.05) is 26.2 Å². The molecule has 4 N–H and O–H groups in total. The van der Waals surface area contributed by atoms with Crippen LogP contribution in [0.5, 0.6) is 11.5 Å². The van der Waals surface area contributed by atoms with E-state index in [1.54, 1.807) is 18.2 Å². The zero-order chi connectivity index (χ0) is 20.4. The largest absolute Gasteiger partial charge is 0.504 e. The van der Waals surface area contributed by atoms with Crippen molar-refractivity contribution in [3.8, 4) is 11.5 Å². The highest BCUT2D eigenvalue weighted by Gasteiger charge is 2.21. The lowest BCUT2D eigenvalue weighted by molar-refractivity contribution is -0.168. The van der Waals surface area contributed by atoms with Crippen LogP contribution in [0.2, 0.25) is 0 Å². The number of amides is 1. The fourth-order valence-electron chi connectivity index (χ4n) is 2.12. The van der Waals surface area contributed by atoms with Crippen molar-refractivity contribution >= 4 is 17.8 Å². The minimum Gasteiger partial charge on any atom is -0.504 e. The van der Waals surface area contributed by atoms with Crippen LogP contribution in [0.15, 0.2) is 47.1 Å². The molecule has 10 heteroatoms. The fraction of sp³-hybridized carbons (Fsp3) is 0.278. The SMILES string of the molecule is O=C(O)C(=O)OC(CNCCNC(=O)c1ccco1)COc1ccccc1O. The van der Waals surface area contributed by atoms with Gasteiger partial charge in [-0.2, -0.15) is 0 Å². The van der Waals surface area contributed by atoms with Gasteiger partial charge in [-0.1, -0.05) is 12.1 Å². The van der Waals surface area contributed by atoms with Crippen LogP contribution in [-0.2, 0) is 14.3 Å². The molecule has 1 aromatic heterocycles. The number of carbonyl (C=O) groups excluding carboxylic acids is 2. The molecule has 0 aliphatic heterocycles. The van der Waals surface area contributed by atoms with Crippen LogP contribution in [-0.4, -0.2) is 60.4 Å². The monoisotopic (exact) mass is 392 g/mol. The van der Waals surface area contributed by atoms with Gasteiger partial charge in [-0.25, -0.2) is 9.59 Å². The molecule has 2 rings (SSSR count). The third-order valence-corrected chi connectivity index (χ3v) is 3.44. The summed E-state index contributed by atoms with van der Waals surface area (Å²) >= 11 is 0. The predicted octanol–water partition coefficient (Wildman–Crippen LogP) is 0.380. The van der Waals surface area contributed by atoms with Crippen molar-refractivity contribution in [1.82, 2.24) is 10.6 Å². The Hall–Kier alpha value is -3.53. The molecule has 0 radical (unpaired) electrons. The Kier molecular flexibility index (Phi) is 7.85. The highest BCUT2D eigenvalue weighted by atomic mass is 16.6. The van der Waals surface area contributed by atoms with E-state index in [1.807, 2.05) is 0 Å². The lowest BCUT2D eigenvalue weighted by Crippen LogP contribution is -2.40. The number of ether oxygens (including phenoxy) is 2. The van der Waals surface area contributed by atoms with E-state index in [0.29, 0.717) is 6.54 Å². The van der Waals surface area contributed by atoms with Gasteiger partial charge in [0.15, 0.2) is 17.3 Å². The van der Waals surface area contributed by atoms with E-state index in [1.165, 1.54) is 24.5 Å². The maximum atomic E-state index is 11.7. The molecule has 0 spiro atoms. The van der Waals surface area contributed by atoms with Crippen molar-refractivity contribution in [2.45, 2.75) is 6.10 Å². The number of benzene rings is 1. The molecule has 150 valence electrons. The second kappa shape index (κ2) is 10.6. The highest BCUT2D eigenvalue weighted by molar-refractivity contribution is 6.28. The number of rotatable bonds is 10. The minimum atomic E-state index is -1.72. The first-order chi connectivity index (χ1) is 13.5. The van der Waals surface area contributed by atoms with Crippen molar-refractivity contribution in [3.63, 3.8) is 0 Å². The maximum absolute atomic E-state index is 11.7. The van der Waals surface area contributed by atoms with E-state index in [-0.39, 0.29) is 42.9 Å². The van der Waals surface area contributed by atoms with E-state index in [9.17, 15) is 19.5 Å². The van der Waals surface area contributed by atoms with Crippen LogP contribution in [0.3, 0.4) is 0 Å². The van der Waals surface area contributed by atoms with Crippen LogP contribution in [0.1, 0.15) is 10.6 Å². The van der Waals surface area contributed by atoms with Crippen molar-refractivity contribution in [1.29, 1.82) is 0 Å². The number of furan rings is 1. The average Bonchev–Trinajstić information content (AvgIpc) is 3.21. The van der Waals surface area contributed by atoms with Gasteiger partial charge in [0.25, 0.3) is 5.91 Å². The minimum absolute atomic E-state index is 0.0727. The normalized spacial score (nSPS) is 11.4. The first-order valence-electron chi connectivity index (χ1n) is 8.34. The Morgan fingerprint density at radius 2 is 1.89 bits per heavy atom. The lowest BCUT2D eigenvalue weighted by Gasteiger charge is -2.18. The van der Waals surface area contributed by atoms with Gasteiger partial charge in [0.05, 0.1) is 6.26 Å². The van der Waals surface area contributed by atoms with Crippen molar-refractivity contribution < 1.29 is 38.5 Å². The Balaban J connectivity index is 1.78. The van der Waals surface area contributed by atoms with Crippen LogP contribution in [0, 0.1) is 0 Å². The van der Waals surface area contributed by atoms with Crippen LogP contribution >= 0.6 is 0 Å². The molecule has 0 aliphatic carbocycles. The molecule has 1 atom stereocenters. The predicted molar refractivity (Wildman–Crippen MR) is 95.0 cm³/mol. The maximum Gasteiger partial charge on any atom is 0.417 e. The molecule has 10 nitrogen and oxygen atoms in total. The summed E-state index contributed by atoms with van der Waals surface area (Å²) in [7, 11) is 0. The van der Waals surface area contributed by atoms with Gasteiger partial charge >= 0.3 is 11.9 Å². The second-order valence-corrected chi connectivity index (χ2v) is 5.55. The first-order valence-corrected chi connectivity index (χ1v) is 8.34. The molecule has 0 bridgehead atoms. The number of phenols is 1.